The van der Waals surface area contributed by atoms with Crippen LogP contribution in [0.5, 0.6) is 0 Å². The Hall–Kier alpha value is -0.560. The van der Waals surface area contributed by atoms with Gasteiger partial charge in [0.05, 0.1) is 0 Å². The fourth-order valence-electron chi connectivity index (χ4n) is 3.58. The summed E-state index contributed by atoms with van der Waals surface area (Å²) in [5.41, 5.74) is 5.20. The first-order chi connectivity index (χ1) is 8.60. The smallest absolute Gasteiger partial charge is 0.0160 e. The fraction of sp³-hybridized carbons (Fsp3) is 0.765. The maximum Gasteiger partial charge on any atom is 0.0160 e. The number of hydrogen-bond donors (Lipinski definition) is 0. The van der Waals surface area contributed by atoms with E-state index in [1.807, 2.05) is 0 Å². The SMILES string of the molecule is CCC1=C(CC)C(CC)C(=CCN(C)C)C1CC. The lowest BCUT2D eigenvalue weighted by Gasteiger charge is -2.19. The van der Waals surface area contributed by atoms with Gasteiger partial charge in [-0.25, -0.2) is 0 Å². The number of hydrogen-bond acceptors (Lipinski definition) is 1. The van der Waals surface area contributed by atoms with Gasteiger partial charge < -0.3 is 4.90 Å². The monoisotopic (exact) mass is 249 g/mol. The van der Waals surface area contributed by atoms with Gasteiger partial charge in [-0.05, 0) is 39.8 Å². The summed E-state index contributed by atoms with van der Waals surface area (Å²) in [6.45, 7) is 10.4. The van der Waals surface area contributed by atoms with Crippen LogP contribution in [0.3, 0.4) is 0 Å². The Morgan fingerprint density at radius 2 is 1.33 bits per heavy atom. The molecule has 0 saturated carbocycles. The van der Waals surface area contributed by atoms with E-state index in [9.17, 15) is 0 Å². The molecule has 0 aromatic heterocycles. The third kappa shape index (κ3) is 3.06. The van der Waals surface area contributed by atoms with Crippen molar-refractivity contribution in [3.63, 3.8) is 0 Å². The standard InChI is InChI=1S/C17H31N/c1-7-13-14(8-2)16(10-4)17(15(13)9-3)11-12-18(5)6/h11,15-16H,7-10,12H2,1-6H3. The summed E-state index contributed by atoms with van der Waals surface area (Å²) in [6, 6.07) is 0. The molecule has 0 amide bonds. The molecule has 0 aromatic rings. The van der Waals surface area contributed by atoms with Crippen LogP contribution in [0, 0.1) is 11.8 Å². The zero-order valence-electron chi connectivity index (χ0n) is 13.2. The molecule has 1 heteroatoms. The molecule has 2 unspecified atom stereocenters. The molecule has 1 aliphatic rings. The van der Waals surface area contributed by atoms with Crippen LogP contribution in [0.15, 0.2) is 22.8 Å². The van der Waals surface area contributed by atoms with E-state index in [1.165, 1.54) is 25.7 Å². The van der Waals surface area contributed by atoms with Crippen LogP contribution < -0.4 is 0 Å². The number of rotatable bonds is 6. The van der Waals surface area contributed by atoms with E-state index < -0.39 is 0 Å². The third-order valence-electron chi connectivity index (χ3n) is 4.33. The zero-order valence-corrected chi connectivity index (χ0v) is 13.2. The van der Waals surface area contributed by atoms with Crippen LogP contribution in [0.25, 0.3) is 0 Å². The Bertz CT molecular complexity index is 299. The molecule has 1 aliphatic carbocycles. The van der Waals surface area contributed by atoms with Crippen LogP contribution in [-0.4, -0.2) is 25.5 Å². The maximum atomic E-state index is 2.50. The van der Waals surface area contributed by atoms with Crippen molar-refractivity contribution in [3.8, 4) is 0 Å². The first-order valence-corrected chi connectivity index (χ1v) is 7.66. The molecule has 18 heavy (non-hydrogen) atoms. The molecule has 1 nitrogen and oxygen atoms in total. The molecule has 2 atom stereocenters. The van der Waals surface area contributed by atoms with Gasteiger partial charge in [0.1, 0.15) is 0 Å². The summed E-state index contributed by atoms with van der Waals surface area (Å²) in [6.07, 6.45) is 7.50. The van der Waals surface area contributed by atoms with Crippen molar-refractivity contribution in [1.29, 1.82) is 0 Å². The second-order valence-corrected chi connectivity index (χ2v) is 5.65. The minimum Gasteiger partial charge on any atom is -0.306 e. The molecule has 0 aliphatic heterocycles. The van der Waals surface area contributed by atoms with Crippen molar-refractivity contribution >= 4 is 0 Å². The molecule has 0 aromatic carbocycles. The average molecular weight is 249 g/mol. The van der Waals surface area contributed by atoms with Crippen molar-refractivity contribution in [3.05, 3.63) is 22.8 Å². The Kier molecular flexibility index (Phi) is 6.14. The summed E-state index contributed by atoms with van der Waals surface area (Å²) < 4.78 is 0. The van der Waals surface area contributed by atoms with Crippen LogP contribution >= 0.6 is 0 Å². The summed E-state index contributed by atoms with van der Waals surface area (Å²) in [7, 11) is 4.31. The Morgan fingerprint density at radius 3 is 1.61 bits per heavy atom. The molecule has 0 spiro atoms. The molecule has 1 rings (SSSR count). The summed E-state index contributed by atoms with van der Waals surface area (Å²) in [5, 5.41) is 0. The van der Waals surface area contributed by atoms with Crippen molar-refractivity contribution in [2.24, 2.45) is 11.8 Å². The topological polar surface area (TPSA) is 3.24 Å². The van der Waals surface area contributed by atoms with E-state index in [-0.39, 0.29) is 0 Å². The van der Waals surface area contributed by atoms with Gasteiger partial charge in [0.25, 0.3) is 0 Å². The van der Waals surface area contributed by atoms with E-state index in [2.05, 4.69) is 52.8 Å². The Balaban J connectivity index is 3.08. The second-order valence-electron chi connectivity index (χ2n) is 5.65. The summed E-state index contributed by atoms with van der Waals surface area (Å²) >= 11 is 0. The molecule has 0 heterocycles. The van der Waals surface area contributed by atoms with Gasteiger partial charge in [0.2, 0.25) is 0 Å². The molecular weight excluding hydrogens is 218 g/mol. The zero-order chi connectivity index (χ0) is 13.7. The first kappa shape index (κ1) is 15.5. The Morgan fingerprint density at radius 1 is 0.889 bits per heavy atom. The number of allylic oxidation sites excluding steroid dienone is 3. The highest BCUT2D eigenvalue weighted by Crippen LogP contribution is 2.47. The molecular formula is C17H31N. The highest BCUT2D eigenvalue weighted by atomic mass is 15.0. The highest BCUT2D eigenvalue weighted by molar-refractivity contribution is 5.40. The van der Waals surface area contributed by atoms with E-state index in [1.54, 1.807) is 16.7 Å². The second kappa shape index (κ2) is 7.13. The molecule has 0 bridgehead atoms. The Labute approximate surface area is 114 Å². The van der Waals surface area contributed by atoms with Crippen LogP contribution in [0.1, 0.15) is 53.4 Å². The quantitative estimate of drug-likeness (QED) is 0.619. The van der Waals surface area contributed by atoms with E-state index in [0.29, 0.717) is 0 Å². The van der Waals surface area contributed by atoms with Crippen molar-refractivity contribution in [2.75, 3.05) is 20.6 Å². The third-order valence-corrected chi connectivity index (χ3v) is 4.33. The van der Waals surface area contributed by atoms with Gasteiger partial charge in [0.15, 0.2) is 0 Å². The molecule has 0 fully saturated rings. The normalized spacial score (nSPS) is 24.3. The predicted octanol–water partition coefficient (Wildman–Crippen LogP) is 4.66. The van der Waals surface area contributed by atoms with Crippen LogP contribution in [-0.2, 0) is 0 Å². The van der Waals surface area contributed by atoms with Gasteiger partial charge in [-0.15, -0.1) is 0 Å². The summed E-state index contributed by atoms with van der Waals surface area (Å²) in [4.78, 5) is 2.27. The van der Waals surface area contributed by atoms with Crippen LogP contribution in [0.4, 0.5) is 0 Å². The predicted molar refractivity (Wildman–Crippen MR) is 81.8 cm³/mol. The lowest BCUT2D eigenvalue weighted by Crippen LogP contribution is -2.14. The lowest BCUT2D eigenvalue weighted by molar-refractivity contribution is 0.451. The van der Waals surface area contributed by atoms with Crippen molar-refractivity contribution < 1.29 is 0 Å². The van der Waals surface area contributed by atoms with Gasteiger partial charge in [-0.2, -0.15) is 0 Å². The minimum absolute atomic E-state index is 0.731. The van der Waals surface area contributed by atoms with Gasteiger partial charge in [-0.3, -0.25) is 0 Å². The molecule has 0 N–H and O–H groups in total. The fourth-order valence-corrected chi connectivity index (χ4v) is 3.58. The molecule has 0 radical (unpaired) electrons. The van der Waals surface area contributed by atoms with Gasteiger partial charge >= 0.3 is 0 Å². The minimum atomic E-state index is 0.731. The lowest BCUT2D eigenvalue weighted by atomic mass is 9.87. The molecule has 104 valence electrons. The van der Waals surface area contributed by atoms with Crippen molar-refractivity contribution in [1.82, 2.24) is 4.90 Å². The number of likely N-dealkylation sites (N-methyl/N-ethyl adjacent to an activating group) is 1. The van der Waals surface area contributed by atoms with E-state index in [0.717, 1.165) is 18.4 Å². The van der Waals surface area contributed by atoms with E-state index in [4.69, 9.17) is 0 Å². The molecule has 0 saturated heterocycles. The average Bonchev–Trinajstić information content (AvgIpc) is 2.67. The highest BCUT2D eigenvalue weighted by Gasteiger charge is 2.33. The van der Waals surface area contributed by atoms with Gasteiger partial charge in [0, 0.05) is 18.4 Å². The maximum absolute atomic E-state index is 2.50. The first-order valence-electron chi connectivity index (χ1n) is 7.66. The van der Waals surface area contributed by atoms with Gasteiger partial charge in [-0.1, -0.05) is 50.5 Å². The number of nitrogens with zero attached hydrogens (tertiary/aromatic N) is 1. The van der Waals surface area contributed by atoms with Crippen LogP contribution in [0.2, 0.25) is 0 Å². The largest absolute Gasteiger partial charge is 0.306 e. The van der Waals surface area contributed by atoms with E-state index >= 15 is 0 Å². The van der Waals surface area contributed by atoms with Crippen molar-refractivity contribution in [2.45, 2.75) is 53.4 Å². The summed E-state index contributed by atoms with van der Waals surface area (Å²) in [5.74, 6) is 1.46.